The zero-order valence-corrected chi connectivity index (χ0v) is 13.7. The minimum absolute atomic E-state index is 0.0220. The molecule has 1 aromatic heterocycles. The number of sulfonamides is 1. The van der Waals surface area contributed by atoms with Crippen LogP contribution in [0.25, 0.3) is 0 Å². The largest absolute Gasteiger partial charge is 0.391 e. The lowest BCUT2D eigenvalue weighted by molar-refractivity contribution is 0.267. The van der Waals surface area contributed by atoms with E-state index in [1.54, 1.807) is 11.4 Å². The van der Waals surface area contributed by atoms with Gasteiger partial charge in [-0.15, -0.1) is 11.3 Å². The van der Waals surface area contributed by atoms with Gasteiger partial charge in [0.1, 0.15) is 10.7 Å². The monoisotopic (exact) mass is 397 g/mol. The molecular formula is C12H10BrF2NO3S2. The first kappa shape index (κ1) is 16.5. The Kier molecular flexibility index (Phi) is 5.10. The first-order chi connectivity index (χ1) is 9.86. The predicted molar refractivity (Wildman–Crippen MR) is 78.3 cm³/mol. The van der Waals surface area contributed by atoms with Crippen molar-refractivity contribution in [1.29, 1.82) is 0 Å². The fourth-order valence-electron chi connectivity index (χ4n) is 1.62. The second-order valence-electron chi connectivity index (χ2n) is 4.01. The van der Waals surface area contributed by atoms with Crippen molar-refractivity contribution in [3.8, 4) is 0 Å². The summed E-state index contributed by atoms with van der Waals surface area (Å²) in [6, 6.07) is 3.40. The molecule has 2 rings (SSSR count). The summed E-state index contributed by atoms with van der Waals surface area (Å²) >= 11 is 4.59. The quantitative estimate of drug-likeness (QED) is 0.814. The van der Waals surface area contributed by atoms with Crippen LogP contribution in [0.3, 0.4) is 0 Å². The van der Waals surface area contributed by atoms with Crippen molar-refractivity contribution in [2.24, 2.45) is 0 Å². The third-order valence-electron chi connectivity index (χ3n) is 2.71. The van der Waals surface area contributed by atoms with E-state index in [1.807, 2.05) is 0 Å². The van der Waals surface area contributed by atoms with Gasteiger partial charge in [-0.2, -0.15) is 0 Å². The van der Waals surface area contributed by atoms with Crippen LogP contribution < -0.4 is 4.72 Å². The Labute approximate surface area is 132 Å². The van der Waals surface area contributed by atoms with E-state index in [1.165, 1.54) is 11.3 Å². The van der Waals surface area contributed by atoms with Crippen LogP contribution in [-0.2, 0) is 23.2 Å². The Morgan fingerprint density at radius 2 is 2.00 bits per heavy atom. The normalized spacial score (nSPS) is 11.8. The molecule has 1 aromatic carbocycles. The highest BCUT2D eigenvalue weighted by Gasteiger charge is 2.23. The van der Waals surface area contributed by atoms with Crippen LogP contribution in [0.4, 0.5) is 8.78 Å². The molecule has 0 bridgehead atoms. The Hall–Kier alpha value is -0.870. The van der Waals surface area contributed by atoms with Crippen molar-refractivity contribution in [2.45, 2.75) is 18.0 Å². The lowest BCUT2D eigenvalue weighted by atomic mass is 10.2. The highest BCUT2D eigenvalue weighted by atomic mass is 79.9. The topological polar surface area (TPSA) is 66.4 Å². The molecule has 4 nitrogen and oxygen atoms in total. The predicted octanol–water partition coefficient (Wildman–Crippen LogP) is 2.76. The summed E-state index contributed by atoms with van der Waals surface area (Å²) in [5.74, 6) is -2.27. The Morgan fingerprint density at radius 3 is 2.57 bits per heavy atom. The second kappa shape index (κ2) is 6.49. The van der Waals surface area contributed by atoms with E-state index in [2.05, 4.69) is 20.7 Å². The zero-order valence-electron chi connectivity index (χ0n) is 10.4. The lowest BCUT2D eigenvalue weighted by Gasteiger charge is -2.10. The van der Waals surface area contributed by atoms with Crippen molar-refractivity contribution in [2.75, 3.05) is 0 Å². The maximum Gasteiger partial charge on any atom is 0.243 e. The Morgan fingerprint density at radius 1 is 1.29 bits per heavy atom. The standard InChI is InChI=1S/C12H10BrF2NO3S2/c13-8-3-4-20-10(8)5-16-21(18,19)11-2-1-9(14)7(6-17)12(11)15/h1-4,16-17H,5-6H2. The second-order valence-corrected chi connectivity index (χ2v) is 7.60. The van der Waals surface area contributed by atoms with Crippen LogP contribution in [-0.4, -0.2) is 13.5 Å². The van der Waals surface area contributed by atoms with Gasteiger partial charge in [0.25, 0.3) is 0 Å². The van der Waals surface area contributed by atoms with Crippen molar-refractivity contribution >= 4 is 37.3 Å². The number of aliphatic hydroxyl groups excluding tert-OH is 1. The highest BCUT2D eigenvalue weighted by Crippen LogP contribution is 2.24. The number of halogens is 3. The number of hydrogen-bond donors (Lipinski definition) is 2. The molecule has 1 heterocycles. The molecular weight excluding hydrogens is 388 g/mol. The van der Waals surface area contributed by atoms with Crippen molar-refractivity contribution in [3.63, 3.8) is 0 Å². The molecule has 0 aliphatic heterocycles. The van der Waals surface area contributed by atoms with Gasteiger partial charge in [-0.25, -0.2) is 21.9 Å². The maximum atomic E-state index is 13.9. The molecule has 0 spiro atoms. The fraction of sp³-hybridized carbons (Fsp3) is 0.167. The van der Waals surface area contributed by atoms with E-state index in [0.717, 1.165) is 21.5 Å². The summed E-state index contributed by atoms with van der Waals surface area (Å²) in [5, 5.41) is 10.7. The maximum absolute atomic E-state index is 13.9. The molecule has 0 aliphatic rings. The average Bonchev–Trinajstić information content (AvgIpc) is 2.82. The van der Waals surface area contributed by atoms with E-state index >= 15 is 0 Å². The summed E-state index contributed by atoms with van der Waals surface area (Å²) in [6.07, 6.45) is 0. The van der Waals surface area contributed by atoms with Crippen molar-refractivity contribution in [1.82, 2.24) is 4.72 Å². The van der Waals surface area contributed by atoms with E-state index < -0.39 is 38.7 Å². The van der Waals surface area contributed by atoms with Crippen molar-refractivity contribution in [3.05, 3.63) is 50.1 Å². The lowest BCUT2D eigenvalue weighted by Crippen LogP contribution is -2.24. The number of benzene rings is 1. The number of rotatable bonds is 5. The molecule has 21 heavy (non-hydrogen) atoms. The van der Waals surface area contributed by atoms with Gasteiger partial charge >= 0.3 is 0 Å². The third kappa shape index (κ3) is 3.49. The molecule has 0 saturated carbocycles. The van der Waals surface area contributed by atoms with Crippen LogP contribution in [0, 0.1) is 11.6 Å². The van der Waals surface area contributed by atoms with E-state index in [9.17, 15) is 17.2 Å². The molecule has 2 N–H and O–H groups in total. The van der Waals surface area contributed by atoms with Gasteiger partial charge in [-0.3, -0.25) is 0 Å². The third-order valence-corrected chi connectivity index (χ3v) is 6.06. The molecule has 2 aromatic rings. The van der Waals surface area contributed by atoms with Gasteiger partial charge in [0.15, 0.2) is 5.82 Å². The Balaban J connectivity index is 2.30. The smallest absolute Gasteiger partial charge is 0.243 e. The van der Waals surface area contributed by atoms with Gasteiger partial charge in [-0.1, -0.05) is 0 Å². The molecule has 0 saturated heterocycles. The highest BCUT2D eigenvalue weighted by molar-refractivity contribution is 9.10. The summed E-state index contributed by atoms with van der Waals surface area (Å²) in [7, 11) is -4.15. The van der Waals surface area contributed by atoms with Gasteiger partial charge in [0, 0.05) is 15.9 Å². The number of aliphatic hydroxyl groups is 1. The van der Waals surface area contributed by atoms with Crippen LogP contribution in [0.5, 0.6) is 0 Å². The molecule has 114 valence electrons. The van der Waals surface area contributed by atoms with Gasteiger partial charge in [-0.05, 0) is 39.5 Å². The van der Waals surface area contributed by atoms with E-state index in [0.29, 0.717) is 0 Å². The number of nitrogens with one attached hydrogen (secondary N) is 1. The molecule has 0 radical (unpaired) electrons. The number of thiophene rings is 1. The molecule has 0 atom stereocenters. The molecule has 0 fully saturated rings. The minimum atomic E-state index is -4.15. The average molecular weight is 398 g/mol. The Bertz CT molecular complexity index is 762. The molecule has 0 amide bonds. The van der Waals surface area contributed by atoms with Crippen LogP contribution >= 0.6 is 27.3 Å². The SMILES string of the molecule is O=S(=O)(NCc1sccc1Br)c1ccc(F)c(CO)c1F. The van der Waals surface area contributed by atoms with Crippen molar-refractivity contribution < 1.29 is 22.3 Å². The summed E-state index contributed by atoms with van der Waals surface area (Å²) in [6.45, 7) is -0.941. The summed E-state index contributed by atoms with van der Waals surface area (Å²) in [5.41, 5.74) is -0.671. The molecule has 0 unspecified atom stereocenters. The summed E-state index contributed by atoms with van der Waals surface area (Å²) < 4.78 is 54.3. The zero-order chi connectivity index (χ0) is 15.6. The van der Waals surface area contributed by atoms with Gasteiger partial charge in [0.05, 0.1) is 12.2 Å². The minimum Gasteiger partial charge on any atom is -0.391 e. The van der Waals surface area contributed by atoms with Crippen LogP contribution in [0.2, 0.25) is 0 Å². The van der Waals surface area contributed by atoms with Gasteiger partial charge in [0.2, 0.25) is 10.0 Å². The van der Waals surface area contributed by atoms with Crippen LogP contribution in [0.1, 0.15) is 10.4 Å². The first-order valence-electron chi connectivity index (χ1n) is 5.66. The number of hydrogen-bond acceptors (Lipinski definition) is 4. The van der Waals surface area contributed by atoms with Crippen LogP contribution in [0.15, 0.2) is 32.9 Å². The fourth-order valence-corrected chi connectivity index (χ4v) is 4.24. The molecule has 9 heteroatoms. The van der Waals surface area contributed by atoms with E-state index in [-0.39, 0.29) is 6.54 Å². The van der Waals surface area contributed by atoms with Gasteiger partial charge < -0.3 is 5.11 Å². The summed E-state index contributed by atoms with van der Waals surface area (Å²) in [4.78, 5) is 0.0316. The molecule has 0 aliphatic carbocycles. The first-order valence-corrected chi connectivity index (χ1v) is 8.81. The van der Waals surface area contributed by atoms with E-state index in [4.69, 9.17) is 5.11 Å².